The van der Waals surface area contributed by atoms with Gasteiger partial charge in [0, 0.05) is 5.69 Å². The van der Waals surface area contributed by atoms with Crippen LogP contribution in [0.4, 0.5) is 5.69 Å². The molecule has 0 aliphatic heterocycles. The molecule has 0 saturated heterocycles. The number of carbonyl (C=O) groups is 1. The van der Waals surface area contributed by atoms with Crippen molar-refractivity contribution in [1.29, 1.82) is 0 Å². The van der Waals surface area contributed by atoms with E-state index in [1.54, 1.807) is 16.0 Å². The Morgan fingerprint density at radius 1 is 1.17 bits per heavy atom. The molecule has 1 amide bonds. The van der Waals surface area contributed by atoms with Gasteiger partial charge in [0.05, 0.1) is 17.1 Å². The van der Waals surface area contributed by atoms with Gasteiger partial charge in [0.15, 0.2) is 5.69 Å². The number of oxazole rings is 1. The van der Waals surface area contributed by atoms with Crippen LogP contribution in [0.25, 0.3) is 10.8 Å². The van der Waals surface area contributed by atoms with Gasteiger partial charge in [-0.25, -0.2) is 9.67 Å². The molecule has 4 aromatic rings. The van der Waals surface area contributed by atoms with Gasteiger partial charge in [0.2, 0.25) is 5.89 Å². The fourth-order valence-corrected chi connectivity index (χ4v) is 3.83. The summed E-state index contributed by atoms with van der Waals surface area (Å²) in [6, 6.07) is 9.84. The van der Waals surface area contributed by atoms with Crippen molar-refractivity contribution in [2.45, 2.75) is 34.2 Å². The molecule has 4 rings (SSSR count). The third kappa shape index (κ3) is 3.97. The van der Waals surface area contributed by atoms with E-state index >= 15 is 0 Å². The summed E-state index contributed by atoms with van der Waals surface area (Å²) in [6.45, 7) is 8.07. The zero-order chi connectivity index (χ0) is 20.5. The molecule has 0 saturated carbocycles. The van der Waals surface area contributed by atoms with Gasteiger partial charge in [-0.15, -0.1) is 16.4 Å². The summed E-state index contributed by atoms with van der Waals surface area (Å²) in [5.74, 6) is 1.04. The van der Waals surface area contributed by atoms with Crippen molar-refractivity contribution in [3.63, 3.8) is 0 Å². The molecule has 1 aromatic carbocycles. The van der Waals surface area contributed by atoms with Crippen molar-refractivity contribution in [3.8, 4) is 10.8 Å². The van der Waals surface area contributed by atoms with Crippen LogP contribution in [0, 0.1) is 27.7 Å². The molecule has 29 heavy (non-hydrogen) atoms. The summed E-state index contributed by atoms with van der Waals surface area (Å²) in [5, 5.41) is 13.1. The van der Waals surface area contributed by atoms with Gasteiger partial charge in [-0.3, -0.25) is 4.79 Å². The number of thiophene rings is 1. The van der Waals surface area contributed by atoms with Crippen LogP contribution in [-0.4, -0.2) is 25.9 Å². The molecular weight excluding hydrogens is 386 g/mol. The normalized spacial score (nSPS) is 11.0. The van der Waals surface area contributed by atoms with Crippen molar-refractivity contribution in [2.75, 3.05) is 5.32 Å². The summed E-state index contributed by atoms with van der Waals surface area (Å²) < 4.78 is 7.45. The number of nitrogens with one attached hydrogen (secondary N) is 1. The van der Waals surface area contributed by atoms with Gasteiger partial charge in [-0.1, -0.05) is 17.3 Å². The minimum Gasteiger partial charge on any atom is -0.440 e. The summed E-state index contributed by atoms with van der Waals surface area (Å²) in [6.07, 6.45) is 0. The molecule has 0 atom stereocenters. The molecule has 148 valence electrons. The molecule has 0 bridgehead atoms. The SMILES string of the molecule is Cc1cc(C)cc(NC(=O)c2nnn(Cc3nc(-c4cccs4)oc3C)c2C)c1. The monoisotopic (exact) mass is 407 g/mol. The zero-order valence-corrected chi connectivity index (χ0v) is 17.5. The predicted molar refractivity (Wildman–Crippen MR) is 112 cm³/mol. The Morgan fingerprint density at radius 2 is 1.93 bits per heavy atom. The lowest BCUT2D eigenvalue weighted by Gasteiger charge is -2.07. The van der Waals surface area contributed by atoms with Gasteiger partial charge < -0.3 is 9.73 Å². The highest BCUT2D eigenvalue weighted by Crippen LogP contribution is 2.26. The highest BCUT2D eigenvalue weighted by atomic mass is 32.1. The lowest BCUT2D eigenvalue weighted by atomic mass is 10.1. The number of carbonyl (C=O) groups excluding carboxylic acids is 1. The minimum atomic E-state index is -0.283. The number of rotatable bonds is 5. The average molecular weight is 407 g/mol. The largest absolute Gasteiger partial charge is 0.440 e. The fraction of sp³-hybridized carbons (Fsp3) is 0.238. The van der Waals surface area contributed by atoms with E-state index in [9.17, 15) is 4.79 Å². The molecule has 0 spiro atoms. The number of benzene rings is 1. The Bertz CT molecular complexity index is 1150. The third-order valence-corrected chi connectivity index (χ3v) is 5.46. The Labute approximate surface area is 172 Å². The fourth-order valence-electron chi connectivity index (χ4n) is 3.18. The Morgan fingerprint density at radius 3 is 2.62 bits per heavy atom. The molecule has 0 radical (unpaired) electrons. The number of aryl methyl sites for hydroxylation is 3. The molecule has 7 nitrogen and oxygen atoms in total. The predicted octanol–water partition coefficient (Wildman–Crippen LogP) is 4.53. The number of hydrogen-bond acceptors (Lipinski definition) is 6. The first-order valence-corrected chi connectivity index (χ1v) is 10.1. The maximum absolute atomic E-state index is 12.7. The van der Waals surface area contributed by atoms with Crippen LogP contribution in [0.5, 0.6) is 0 Å². The van der Waals surface area contributed by atoms with Gasteiger partial charge >= 0.3 is 0 Å². The van der Waals surface area contributed by atoms with Gasteiger partial charge in [-0.05, 0) is 62.4 Å². The number of anilines is 1. The molecular formula is C21H21N5O2S. The molecule has 3 heterocycles. The zero-order valence-electron chi connectivity index (χ0n) is 16.7. The molecule has 0 unspecified atom stereocenters. The number of hydrogen-bond donors (Lipinski definition) is 1. The number of aromatic nitrogens is 4. The lowest BCUT2D eigenvalue weighted by molar-refractivity contribution is 0.102. The van der Waals surface area contributed by atoms with Crippen LogP contribution in [0.15, 0.2) is 40.1 Å². The topological polar surface area (TPSA) is 85.8 Å². The first kappa shape index (κ1) is 19.1. The maximum Gasteiger partial charge on any atom is 0.278 e. The standard InChI is InChI=1S/C21H21N5O2S/c1-12-8-13(2)10-16(9-12)22-20(27)19-14(3)26(25-24-19)11-17-15(4)28-21(23-17)18-6-5-7-29-18/h5-10H,11H2,1-4H3,(H,22,27). The van der Waals surface area contributed by atoms with E-state index in [1.165, 1.54) is 0 Å². The van der Waals surface area contributed by atoms with Gasteiger partial charge in [-0.2, -0.15) is 0 Å². The van der Waals surface area contributed by atoms with Gasteiger partial charge in [0.1, 0.15) is 11.5 Å². The minimum absolute atomic E-state index is 0.283. The summed E-state index contributed by atoms with van der Waals surface area (Å²) in [7, 11) is 0. The second kappa shape index (κ2) is 7.63. The summed E-state index contributed by atoms with van der Waals surface area (Å²) >= 11 is 1.57. The molecule has 8 heteroatoms. The second-order valence-corrected chi connectivity index (χ2v) is 7.96. The van der Waals surface area contributed by atoms with E-state index in [1.807, 2.05) is 57.3 Å². The highest BCUT2D eigenvalue weighted by Gasteiger charge is 2.19. The van der Waals surface area contributed by atoms with E-state index in [-0.39, 0.29) is 5.91 Å². The van der Waals surface area contributed by atoms with E-state index in [0.717, 1.165) is 33.1 Å². The highest BCUT2D eigenvalue weighted by molar-refractivity contribution is 7.13. The van der Waals surface area contributed by atoms with E-state index in [4.69, 9.17) is 4.42 Å². The Balaban J connectivity index is 1.53. The van der Waals surface area contributed by atoms with Crippen molar-refractivity contribution in [2.24, 2.45) is 0 Å². The first-order chi connectivity index (χ1) is 13.9. The van der Waals surface area contributed by atoms with E-state index in [0.29, 0.717) is 23.8 Å². The van der Waals surface area contributed by atoms with E-state index in [2.05, 4.69) is 26.7 Å². The van der Waals surface area contributed by atoms with Crippen molar-refractivity contribution in [3.05, 3.63) is 69.7 Å². The number of amides is 1. The summed E-state index contributed by atoms with van der Waals surface area (Å²) in [5.41, 5.74) is 4.65. The van der Waals surface area contributed by atoms with Crippen LogP contribution < -0.4 is 5.32 Å². The average Bonchev–Trinajstić information content (AvgIpc) is 3.36. The Hall–Kier alpha value is -3.26. The molecule has 0 aliphatic rings. The van der Waals surface area contributed by atoms with Gasteiger partial charge in [0.25, 0.3) is 5.91 Å². The first-order valence-electron chi connectivity index (χ1n) is 9.20. The Kier molecular flexibility index (Phi) is 5.02. The van der Waals surface area contributed by atoms with Crippen LogP contribution in [-0.2, 0) is 6.54 Å². The molecule has 0 aliphatic carbocycles. The maximum atomic E-state index is 12.7. The second-order valence-electron chi connectivity index (χ2n) is 7.01. The van der Waals surface area contributed by atoms with Crippen molar-refractivity contribution < 1.29 is 9.21 Å². The van der Waals surface area contributed by atoms with Crippen LogP contribution in [0.2, 0.25) is 0 Å². The molecule has 3 aromatic heterocycles. The van der Waals surface area contributed by atoms with Crippen LogP contribution >= 0.6 is 11.3 Å². The van der Waals surface area contributed by atoms with Crippen LogP contribution in [0.3, 0.4) is 0 Å². The quantitative estimate of drug-likeness (QED) is 0.525. The summed E-state index contributed by atoms with van der Waals surface area (Å²) in [4.78, 5) is 18.2. The van der Waals surface area contributed by atoms with Crippen LogP contribution in [0.1, 0.15) is 38.8 Å². The lowest BCUT2D eigenvalue weighted by Crippen LogP contribution is -2.14. The van der Waals surface area contributed by atoms with Crippen molar-refractivity contribution in [1.82, 2.24) is 20.0 Å². The van der Waals surface area contributed by atoms with Crippen molar-refractivity contribution >= 4 is 22.9 Å². The number of nitrogens with zero attached hydrogens (tertiary/aromatic N) is 4. The molecule has 0 fully saturated rings. The molecule has 1 N–H and O–H groups in total. The van der Waals surface area contributed by atoms with E-state index < -0.39 is 0 Å². The third-order valence-electron chi connectivity index (χ3n) is 4.60. The smallest absolute Gasteiger partial charge is 0.278 e.